The molecule has 0 aliphatic carbocycles. The van der Waals surface area contributed by atoms with Gasteiger partial charge in [0.1, 0.15) is 0 Å². The molecule has 31 heavy (non-hydrogen) atoms. The highest BCUT2D eigenvalue weighted by molar-refractivity contribution is 5.79. The topological polar surface area (TPSA) is 67.2 Å². The lowest BCUT2D eigenvalue weighted by Gasteiger charge is -2.32. The fourth-order valence-corrected chi connectivity index (χ4v) is 4.28. The van der Waals surface area contributed by atoms with E-state index in [1.807, 2.05) is 36.1 Å². The minimum atomic E-state index is -0.0559. The Hall–Kier alpha value is -3.15. The van der Waals surface area contributed by atoms with Crippen molar-refractivity contribution in [1.82, 2.24) is 14.9 Å². The second-order valence-electron chi connectivity index (χ2n) is 8.12. The van der Waals surface area contributed by atoms with Gasteiger partial charge in [0, 0.05) is 32.1 Å². The maximum Gasteiger partial charge on any atom is 0.293 e. The minimum absolute atomic E-state index is 0.0278. The molecule has 2 heterocycles. The molecule has 0 bridgehead atoms. The van der Waals surface area contributed by atoms with Crippen molar-refractivity contribution in [3.8, 4) is 0 Å². The predicted octanol–water partition coefficient (Wildman–Crippen LogP) is 3.51. The first-order valence-electron chi connectivity index (χ1n) is 11.2. The Balaban J connectivity index is 1.39. The number of anilines is 1. The van der Waals surface area contributed by atoms with Crippen LogP contribution in [-0.4, -0.2) is 28.5 Å². The highest BCUT2D eigenvalue weighted by Gasteiger charge is 2.27. The summed E-state index contributed by atoms with van der Waals surface area (Å²) in [6, 6.07) is 16.1. The van der Waals surface area contributed by atoms with E-state index in [4.69, 9.17) is 0 Å². The van der Waals surface area contributed by atoms with Gasteiger partial charge in [-0.25, -0.2) is 4.98 Å². The second kappa shape index (κ2) is 9.33. The van der Waals surface area contributed by atoms with Gasteiger partial charge in [0.05, 0.1) is 11.0 Å². The number of aromatic nitrogens is 2. The summed E-state index contributed by atoms with van der Waals surface area (Å²) in [6.07, 6.45) is 2.46. The Bertz CT molecular complexity index is 1110. The van der Waals surface area contributed by atoms with Crippen LogP contribution in [0.3, 0.4) is 0 Å². The molecular weight excluding hydrogens is 388 g/mol. The maximum atomic E-state index is 13.0. The van der Waals surface area contributed by atoms with Crippen LogP contribution in [0.1, 0.15) is 37.8 Å². The number of hydrogen-bond donors (Lipinski definition) is 1. The number of para-hydroxylation sites is 2. The standard InChI is InChI=1S/C25H30N4O2/c1-3-18-9-11-19(12-10-18)17-26-24(30)20-13-15-28(16-14-20)23-25(31)29(4-2)22-8-6-5-7-21(22)27-23/h5-12,20H,3-4,13-17H2,1-2H3,(H,26,30). The van der Waals surface area contributed by atoms with Gasteiger partial charge in [0.2, 0.25) is 5.91 Å². The molecule has 0 spiro atoms. The van der Waals surface area contributed by atoms with Crippen LogP contribution in [0.5, 0.6) is 0 Å². The van der Waals surface area contributed by atoms with E-state index >= 15 is 0 Å². The number of carbonyl (C=O) groups is 1. The number of fused-ring (bicyclic) bond motifs is 1. The Labute approximate surface area is 182 Å². The lowest BCUT2D eigenvalue weighted by Crippen LogP contribution is -2.43. The van der Waals surface area contributed by atoms with E-state index < -0.39 is 0 Å². The Kier molecular flexibility index (Phi) is 6.35. The molecule has 1 aliphatic rings. The largest absolute Gasteiger partial charge is 0.352 e. The Morgan fingerprint density at radius 3 is 2.39 bits per heavy atom. The van der Waals surface area contributed by atoms with E-state index in [0.29, 0.717) is 32.0 Å². The number of nitrogens with zero attached hydrogens (tertiary/aromatic N) is 3. The lowest BCUT2D eigenvalue weighted by atomic mass is 9.96. The van der Waals surface area contributed by atoms with Crippen LogP contribution in [0.25, 0.3) is 11.0 Å². The van der Waals surface area contributed by atoms with Crippen molar-refractivity contribution in [3.05, 3.63) is 70.0 Å². The summed E-state index contributed by atoms with van der Waals surface area (Å²) in [5.41, 5.74) is 4.04. The zero-order valence-corrected chi connectivity index (χ0v) is 18.3. The van der Waals surface area contributed by atoms with Crippen LogP contribution in [0.4, 0.5) is 5.82 Å². The average molecular weight is 419 g/mol. The summed E-state index contributed by atoms with van der Waals surface area (Å²) in [5, 5.41) is 3.08. The summed E-state index contributed by atoms with van der Waals surface area (Å²) < 4.78 is 1.78. The molecule has 2 aromatic carbocycles. The number of hydrogen-bond acceptors (Lipinski definition) is 4. The molecule has 0 radical (unpaired) electrons. The summed E-state index contributed by atoms with van der Waals surface area (Å²) in [4.78, 5) is 32.4. The van der Waals surface area contributed by atoms with E-state index in [9.17, 15) is 9.59 Å². The third kappa shape index (κ3) is 4.48. The number of amides is 1. The van der Waals surface area contributed by atoms with E-state index in [-0.39, 0.29) is 17.4 Å². The van der Waals surface area contributed by atoms with Gasteiger partial charge >= 0.3 is 0 Å². The number of nitrogens with one attached hydrogen (secondary N) is 1. The first kappa shape index (κ1) is 21.1. The van der Waals surface area contributed by atoms with Gasteiger partial charge in [0.25, 0.3) is 5.56 Å². The quantitative estimate of drug-likeness (QED) is 0.665. The van der Waals surface area contributed by atoms with Crippen LogP contribution in [0.2, 0.25) is 0 Å². The van der Waals surface area contributed by atoms with Gasteiger partial charge in [-0.15, -0.1) is 0 Å². The van der Waals surface area contributed by atoms with Gasteiger partial charge in [-0.05, 0) is 49.4 Å². The van der Waals surface area contributed by atoms with Crippen LogP contribution in [-0.2, 0) is 24.3 Å². The highest BCUT2D eigenvalue weighted by atomic mass is 16.2. The van der Waals surface area contributed by atoms with Crippen molar-refractivity contribution in [2.45, 2.75) is 46.2 Å². The number of rotatable bonds is 6. The van der Waals surface area contributed by atoms with E-state index in [1.54, 1.807) is 4.57 Å². The molecule has 1 amide bonds. The normalized spacial score (nSPS) is 14.7. The minimum Gasteiger partial charge on any atom is -0.352 e. The van der Waals surface area contributed by atoms with Crippen LogP contribution < -0.4 is 15.8 Å². The van der Waals surface area contributed by atoms with Crippen molar-refractivity contribution >= 4 is 22.8 Å². The average Bonchev–Trinajstić information content (AvgIpc) is 2.82. The molecule has 4 rings (SSSR count). The molecule has 1 fully saturated rings. The molecule has 3 aromatic rings. The predicted molar refractivity (Wildman–Crippen MR) is 124 cm³/mol. The van der Waals surface area contributed by atoms with Crippen molar-refractivity contribution in [3.63, 3.8) is 0 Å². The molecular formula is C25H30N4O2. The van der Waals surface area contributed by atoms with Gasteiger partial charge in [-0.3, -0.25) is 9.59 Å². The molecule has 1 saturated heterocycles. The number of carbonyl (C=O) groups excluding carboxylic acids is 1. The van der Waals surface area contributed by atoms with Crippen LogP contribution >= 0.6 is 0 Å². The zero-order chi connectivity index (χ0) is 21.8. The zero-order valence-electron chi connectivity index (χ0n) is 18.3. The summed E-state index contributed by atoms with van der Waals surface area (Å²) in [6.45, 7) is 6.59. The highest BCUT2D eigenvalue weighted by Crippen LogP contribution is 2.22. The SMILES string of the molecule is CCc1ccc(CNC(=O)C2CCN(c3nc4ccccc4n(CC)c3=O)CC2)cc1. The van der Waals surface area contributed by atoms with Crippen molar-refractivity contribution in [2.24, 2.45) is 5.92 Å². The van der Waals surface area contributed by atoms with Gasteiger partial charge in [0.15, 0.2) is 5.82 Å². The van der Waals surface area contributed by atoms with Crippen LogP contribution in [0.15, 0.2) is 53.3 Å². The molecule has 1 aromatic heterocycles. The van der Waals surface area contributed by atoms with Gasteiger partial charge < -0.3 is 14.8 Å². The molecule has 0 unspecified atom stereocenters. The Morgan fingerprint density at radius 1 is 1.03 bits per heavy atom. The summed E-state index contributed by atoms with van der Waals surface area (Å²) >= 11 is 0. The first-order valence-corrected chi connectivity index (χ1v) is 11.2. The second-order valence-corrected chi connectivity index (χ2v) is 8.12. The first-order chi connectivity index (χ1) is 15.1. The molecule has 6 nitrogen and oxygen atoms in total. The van der Waals surface area contributed by atoms with Crippen molar-refractivity contribution in [2.75, 3.05) is 18.0 Å². The number of benzene rings is 2. The monoisotopic (exact) mass is 418 g/mol. The number of aryl methyl sites for hydroxylation is 2. The summed E-state index contributed by atoms with van der Waals surface area (Å²) in [7, 11) is 0. The fourth-order valence-electron chi connectivity index (χ4n) is 4.28. The third-order valence-electron chi connectivity index (χ3n) is 6.21. The Morgan fingerprint density at radius 2 is 1.71 bits per heavy atom. The van der Waals surface area contributed by atoms with E-state index in [0.717, 1.165) is 35.9 Å². The number of piperidine rings is 1. The lowest BCUT2D eigenvalue weighted by molar-refractivity contribution is -0.125. The van der Waals surface area contributed by atoms with E-state index in [1.165, 1.54) is 5.56 Å². The maximum absolute atomic E-state index is 13.0. The molecule has 0 saturated carbocycles. The van der Waals surface area contributed by atoms with Crippen molar-refractivity contribution in [1.29, 1.82) is 0 Å². The van der Waals surface area contributed by atoms with E-state index in [2.05, 4.69) is 41.5 Å². The fraction of sp³-hybridized carbons (Fsp3) is 0.400. The third-order valence-corrected chi connectivity index (χ3v) is 6.21. The van der Waals surface area contributed by atoms with Crippen LogP contribution in [0, 0.1) is 5.92 Å². The van der Waals surface area contributed by atoms with Crippen molar-refractivity contribution < 1.29 is 4.79 Å². The molecule has 1 N–H and O–H groups in total. The summed E-state index contributed by atoms with van der Waals surface area (Å²) in [5.74, 6) is 0.562. The smallest absolute Gasteiger partial charge is 0.293 e. The molecule has 6 heteroatoms. The van der Waals surface area contributed by atoms with Gasteiger partial charge in [-0.1, -0.05) is 43.3 Å². The molecule has 162 valence electrons. The van der Waals surface area contributed by atoms with Gasteiger partial charge in [-0.2, -0.15) is 0 Å². The molecule has 1 aliphatic heterocycles. The molecule has 0 atom stereocenters.